The molecule has 0 fully saturated rings. The molecular weight excluding hydrogens is 843 g/mol. The van der Waals surface area contributed by atoms with Crippen LogP contribution in [0.15, 0.2) is 273 Å². The Morgan fingerprint density at radius 1 is 0.138 bits per heavy atom. The van der Waals surface area contributed by atoms with Crippen LogP contribution in [0.1, 0.15) is 0 Å². The normalized spacial score (nSPS) is 10.4. The van der Waals surface area contributed by atoms with Crippen molar-refractivity contribution < 1.29 is 19.5 Å². The number of rotatable bonds is 9. The Bertz CT molecular complexity index is 1860. The third-order valence-corrected chi connectivity index (χ3v) is 17.8. The predicted octanol–water partition coefficient (Wildman–Crippen LogP) is 9.26. The summed E-state index contributed by atoms with van der Waals surface area (Å²) in [6, 6.07) is 97.5. The van der Waals surface area contributed by atoms with Gasteiger partial charge in [-0.25, -0.2) is 0 Å². The van der Waals surface area contributed by atoms with Crippen molar-refractivity contribution in [2.24, 2.45) is 0 Å². The Morgan fingerprint density at radius 3 is 0.310 bits per heavy atom. The van der Waals surface area contributed by atoms with E-state index >= 15 is 0 Å². The first-order valence-corrected chi connectivity index (χ1v) is 23.9. The minimum atomic E-state index is -0.877. The summed E-state index contributed by atoms with van der Waals surface area (Å²) in [4.78, 5) is 0. The van der Waals surface area contributed by atoms with Crippen molar-refractivity contribution in [1.29, 1.82) is 0 Å². The van der Waals surface area contributed by atoms with Gasteiger partial charge in [-0.05, 0) is 109 Å². The molecule has 9 aromatic carbocycles. The molecule has 0 nitrogen and oxygen atoms in total. The van der Waals surface area contributed by atoms with Gasteiger partial charge in [0.15, 0.2) is 0 Å². The van der Waals surface area contributed by atoms with Crippen LogP contribution in [0.2, 0.25) is 0 Å². The molecule has 0 atom stereocenters. The number of benzene rings is 9. The first-order valence-electron chi connectivity index (χ1n) is 19.4. The van der Waals surface area contributed by atoms with E-state index in [0.717, 1.165) is 0 Å². The maximum absolute atomic E-state index is 2.24. The van der Waals surface area contributed by atoms with Crippen LogP contribution in [-0.2, 0) is 19.5 Å². The van der Waals surface area contributed by atoms with Crippen LogP contribution in [0.5, 0.6) is 0 Å². The topological polar surface area (TPSA) is 0 Å². The Hall–Kier alpha value is -5.11. The SMILES string of the molecule is [RuH].c1ccc([PH+](c2ccccc2)c2ccccc2)cc1.c1ccc([PH+](c2ccccc2)c2ccccc2)cc1.c1ccc([PH+](c2ccccc2)c2ccccc2)cc1. The smallest absolute Gasteiger partial charge is 0.0620 e. The van der Waals surface area contributed by atoms with Gasteiger partial charge in [-0.2, -0.15) is 0 Å². The molecule has 9 rings (SSSR count). The summed E-state index contributed by atoms with van der Waals surface area (Å²) in [5.41, 5.74) is 0. The molecule has 4 heteroatoms. The zero-order valence-electron chi connectivity index (χ0n) is 32.4. The minimum absolute atomic E-state index is 0. The van der Waals surface area contributed by atoms with Crippen molar-refractivity contribution >= 4 is 71.5 Å². The summed E-state index contributed by atoms with van der Waals surface area (Å²) in [7, 11) is -2.63. The van der Waals surface area contributed by atoms with Gasteiger partial charge in [0.2, 0.25) is 0 Å². The van der Waals surface area contributed by atoms with Crippen LogP contribution in [0.25, 0.3) is 0 Å². The van der Waals surface area contributed by atoms with Gasteiger partial charge in [0.05, 0.1) is 23.8 Å². The van der Waals surface area contributed by atoms with Crippen LogP contribution in [0, 0.1) is 0 Å². The molecule has 0 amide bonds. The summed E-state index contributed by atoms with van der Waals surface area (Å²) >= 11 is 0. The average Bonchev–Trinajstić information content (AvgIpc) is 3.30. The van der Waals surface area contributed by atoms with Crippen molar-refractivity contribution in [2.75, 3.05) is 0 Å². The quantitative estimate of drug-likeness (QED) is 0.100. The molecule has 0 unspecified atom stereocenters. The monoisotopic (exact) mass is 892 g/mol. The number of hydrogen-bond donors (Lipinski definition) is 0. The van der Waals surface area contributed by atoms with Crippen LogP contribution < -0.4 is 47.7 Å². The molecule has 0 spiro atoms. The van der Waals surface area contributed by atoms with Crippen LogP contribution >= 0.6 is 23.8 Å². The van der Waals surface area contributed by atoms with E-state index in [1.165, 1.54) is 47.7 Å². The van der Waals surface area contributed by atoms with E-state index in [-0.39, 0.29) is 19.5 Å². The molecule has 0 radical (unpaired) electrons. The molecule has 0 saturated carbocycles. The fourth-order valence-electron chi connectivity index (χ4n) is 6.94. The maximum atomic E-state index is 2.24. The molecule has 0 N–H and O–H groups in total. The summed E-state index contributed by atoms with van der Waals surface area (Å²) in [6.07, 6.45) is 0. The standard InChI is InChI=1S/3C18H15P.Ru.H/c3*1-4-10-16(11-5-1)19(17-12-6-2-7-13-17)18-14-8-3-9-15-18;;/h3*1-15H;;/p+3. The fourth-order valence-corrected chi connectivity index (χ4v) is 14.7. The maximum Gasteiger partial charge on any atom is 0.102 e. The summed E-state index contributed by atoms with van der Waals surface area (Å²) in [6.45, 7) is 0. The van der Waals surface area contributed by atoms with Gasteiger partial charge in [-0.1, -0.05) is 164 Å². The second-order valence-corrected chi connectivity index (χ2v) is 20.9. The molecule has 0 aromatic heterocycles. The Morgan fingerprint density at radius 2 is 0.224 bits per heavy atom. The van der Waals surface area contributed by atoms with Gasteiger partial charge in [-0.3, -0.25) is 0 Å². The van der Waals surface area contributed by atoms with E-state index in [1.807, 2.05) is 0 Å². The van der Waals surface area contributed by atoms with Crippen LogP contribution in [0.3, 0.4) is 0 Å². The molecule has 285 valence electrons. The zero-order chi connectivity index (χ0) is 38.7. The average molecular weight is 892 g/mol. The second kappa shape index (κ2) is 23.3. The van der Waals surface area contributed by atoms with Crippen molar-refractivity contribution in [3.8, 4) is 0 Å². The van der Waals surface area contributed by atoms with E-state index in [0.29, 0.717) is 0 Å². The molecule has 0 aliphatic carbocycles. The van der Waals surface area contributed by atoms with Crippen LogP contribution in [0.4, 0.5) is 0 Å². The zero-order valence-corrected chi connectivity index (χ0v) is 37.2. The number of hydrogen-bond acceptors (Lipinski definition) is 0. The largest absolute Gasteiger partial charge is 0.102 e. The molecule has 58 heavy (non-hydrogen) atoms. The van der Waals surface area contributed by atoms with E-state index in [9.17, 15) is 0 Å². The summed E-state index contributed by atoms with van der Waals surface area (Å²) in [5.74, 6) is 0. The van der Waals surface area contributed by atoms with Crippen molar-refractivity contribution in [2.45, 2.75) is 0 Å². The molecule has 0 heterocycles. The third kappa shape index (κ3) is 12.0. The van der Waals surface area contributed by atoms with E-state index in [4.69, 9.17) is 0 Å². The van der Waals surface area contributed by atoms with Crippen LogP contribution in [-0.4, -0.2) is 0 Å². The van der Waals surface area contributed by atoms with Gasteiger partial charge < -0.3 is 0 Å². The van der Waals surface area contributed by atoms with Crippen molar-refractivity contribution in [3.63, 3.8) is 0 Å². The Balaban J connectivity index is 0.000000145. The predicted molar refractivity (Wildman–Crippen MR) is 261 cm³/mol. The molecule has 9 aromatic rings. The van der Waals surface area contributed by atoms with Gasteiger partial charge in [0.25, 0.3) is 0 Å². The van der Waals surface area contributed by atoms with Gasteiger partial charge >= 0.3 is 19.5 Å². The van der Waals surface area contributed by atoms with E-state index in [2.05, 4.69) is 273 Å². The van der Waals surface area contributed by atoms with Crippen molar-refractivity contribution in [3.05, 3.63) is 273 Å². The van der Waals surface area contributed by atoms with E-state index in [1.54, 1.807) is 0 Å². The van der Waals surface area contributed by atoms with Crippen molar-refractivity contribution in [1.82, 2.24) is 0 Å². The molecule has 0 saturated heterocycles. The Kier molecular flexibility index (Phi) is 17.1. The second-order valence-electron chi connectivity index (χ2n) is 13.4. The third-order valence-electron chi connectivity index (χ3n) is 9.56. The van der Waals surface area contributed by atoms with Gasteiger partial charge in [0.1, 0.15) is 47.7 Å². The first kappa shape index (κ1) is 42.5. The van der Waals surface area contributed by atoms with Gasteiger partial charge in [0, 0.05) is 0 Å². The fraction of sp³-hybridized carbons (Fsp3) is 0. The molecular formula is C54H49P3Ru+3. The molecule has 0 bridgehead atoms. The van der Waals surface area contributed by atoms with E-state index < -0.39 is 23.8 Å². The molecule has 0 aliphatic heterocycles. The summed E-state index contributed by atoms with van der Waals surface area (Å²) < 4.78 is 0. The summed E-state index contributed by atoms with van der Waals surface area (Å²) in [5, 5.41) is 12.9. The minimum Gasteiger partial charge on any atom is -0.0620 e. The van der Waals surface area contributed by atoms with Gasteiger partial charge in [-0.15, -0.1) is 0 Å². The first-order chi connectivity index (χ1) is 28.3. The molecule has 0 aliphatic rings. The Labute approximate surface area is 361 Å².